The predicted molar refractivity (Wildman–Crippen MR) is 65.3 cm³/mol. The SMILES string of the molecule is Cc1ccccc1Cn1cnc(CCN)c1. The smallest absolute Gasteiger partial charge is 0.0952 e. The van der Waals surface area contributed by atoms with E-state index in [1.807, 2.05) is 6.33 Å². The number of nitrogens with zero attached hydrogens (tertiary/aromatic N) is 2. The van der Waals surface area contributed by atoms with Crippen molar-refractivity contribution in [2.45, 2.75) is 19.9 Å². The van der Waals surface area contributed by atoms with E-state index >= 15 is 0 Å². The van der Waals surface area contributed by atoms with Crippen molar-refractivity contribution in [3.63, 3.8) is 0 Å². The van der Waals surface area contributed by atoms with E-state index in [0.717, 1.165) is 18.7 Å². The third kappa shape index (κ3) is 2.49. The lowest BCUT2D eigenvalue weighted by Crippen LogP contribution is -2.03. The summed E-state index contributed by atoms with van der Waals surface area (Å²) in [5, 5.41) is 0. The van der Waals surface area contributed by atoms with Crippen LogP contribution in [0.2, 0.25) is 0 Å². The molecule has 84 valence electrons. The van der Waals surface area contributed by atoms with Crippen molar-refractivity contribution >= 4 is 0 Å². The van der Waals surface area contributed by atoms with Gasteiger partial charge in [-0.25, -0.2) is 4.98 Å². The first-order valence-electron chi connectivity index (χ1n) is 5.55. The highest BCUT2D eigenvalue weighted by molar-refractivity contribution is 5.25. The van der Waals surface area contributed by atoms with E-state index in [4.69, 9.17) is 5.73 Å². The molecule has 0 aliphatic heterocycles. The number of imidazole rings is 1. The fourth-order valence-electron chi connectivity index (χ4n) is 1.75. The third-order valence-corrected chi connectivity index (χ3v) is 2.70. The maximum Gasteiger partial charge on any atom is 0.0952 e. The summed E-state index contributed by atoms with van der Waals surface area (Å²) in [6.45, 7) is 3.67. The van der Waals surface area contributed by atoms with Gasteiger partial charge in [0.2, 0.25) is 0 Å². The maximum atomic E-state index is 5.50. The second kappa shape index (κ2) is 4.94. The molecular weight excluding hydrogens is 198 g/mol. The van der Waals surface area contributed by atoms with Crippen molar-refractivity contribution in [3.8, 4) is 0 Å². The molecule has 0 radical (unpaired) electrons. The van der Waals surface area contributed by atoms with Crippen LogP contribution in [0, 0.1) is 6.92 Å². The van der Waals surface area contributed by atoms with Gasteiger partial charge in [0.15, 0.2) is 0 Å². The monoisotopic (exact) mass is 215 g/mol. The normalized spacial score (nSPS) is 10.6. The molecule has 2 N–H and O–H groups in total. The van der Waals surface area contributed by atoms with Gasteiger partial charge in [0.1, 0.15) is 0 Å². The number of nitrogens with two attached hydrogens (primary N) is 1. The lowest BCUT2D eigenvalue weighted by Gasteiger charge is -2.05. The van der Waals surface area contributed by atoms with Crippen LogP contribution in [-0.4, -0.2) is 16.1 Å². The van der Waals surface area contributed by atoms with Gasteiger partial charge < -0.3 is 10.3 Å². The van der Waals surface area contributed by atoms with Crippen molar-refractivity contribution in [2.24, 2.45) is 5.73 Å². The van der Waals surface area contributed by atoms with Gasteiger partial charge in [-0.05, 0) is 24.6 Å². The minimum absolute atomic E-state index is 0.654. The molecule has 0 atom stereocenters. The van der Waals surface area contributed by atoms with Crippen LogP contribution in [0.4, 0.5) is 0 Å². The van der Waals surface area contributed by atoms with Gasteiger partial charge in [-0.3, -0.25) is 0 Å². The molecule has 0 amide bonds. The van der Waals surface area contributed by atoms with Crippen LogP contribution in [0.5, 0.6) is 0 Å². The average Bonchev–Trinajstić information content (AvgIpc) is 2.70. The number of hydrogen-bond acceptors (Lipinski definition) is 2. The van der Waals surface area contributed by atoms with E-state index in [9.17, 15) is 0 Å². The van der Waals surface area contributed by atoms with Crippen molar-refractivity contribution < 1.29 is 0 Å². The molecule has 3 heteroatoms. The van der Waals surface area contributed by atoms with Crippen LogP contribution in [0.25, 0.3) is 0 Å². The molecular formula is C13H17N3. The maximum absolute atomic E-state index is 5.50. The molecule has 1 heterocycles. The van der Waals surface area contributed by atoms with E-state index in [1.54, 1.807) is 0 Å². The summed E-state index contributed by atoms with van der Waals surface area (Å²) in [6.07, 6.45) is 4.79. The van der Waals surface area contributed by atoms with E-state index in [2.05, 4.69) is 46.9 Å². The average molecular weight is 215 g/mol. The summed E-state index contributed by atoms with van der Waals surface area (Å²) < 4.78 is 2.10. The number of aryl methyl sites for hydroxylation is 1. The molecule has 0 fully saturated rings. The molecule has 2 aromatic rings. The van der Waals surface area contributed by atoms with Gasteiger partial charge in [-0.2, -0.15) is 0 Å². The summed E-state index contributed by atoms with van der Waals surface area (Å²) in [7, 11) is 0. The van der Waals surface area contributed by atoms with Crippen molar-refractivity contribution in [2.75, 3.05) is 6.54 Å². The number of rotatable bonds is 4. The molecule has 0 aliphatic rings. The van der Waals surface area contributed by atoms with E-state index in [1.165, 1.54) is 11.1 Å². The molecule has 16 heavy (non-hydrogen) atoms. The Labute approximate surface area is 95.9 Å². The van der Waals surface area contributed by atoms with Crippen molar-refractivity contribution in [1.29, 1.82) is 0 Å². The highest BCUT2D eigenvalue weighted by Crippen LogP contribution is 2.09. The molecule has 0 unspecified atom stereocenters. The zero-order valence-corrected chi connectivity index (χ0v) is 9.56. The summed E-state index contributed by atoms with van der Waals surface area (Å²) >= 11 is 0. The van der Waals surface area contributed by atoms with Crippen LogP contribution >= 0.6 is 0 Å². The fourth-order valence-corrected chi connectivity index (χ4v) is 1.75. The van der Waals surface area contributed by atoms with Crippen LogP contribution < -0.4 is 5.73 Å². The molecule has 0 spiro atoms. The van der Waals surface area contributed by atoms with E-state index < -0.39 is 0 Å². The molecule has 0 aliphatic carbocycles. The van der Waals surface area contributed by atoms with Gasteiger partial charge >= 0.3 is 0 Å². The zero-order chi connectivity index (χ0) is 11.4. The van der Waals surface area contributed by atoms with Gasteiger partial charge in [-0.15, -0.1) is 0 Å². The Morgan fingerprint density at radius 3 is 2.88 bits per heavy atom. The molecule has 0 bridgehead atoms. The first kappa shape index (κ1) is 10.9. The summed E-state index contributed by atoms with van der Waals surface area (Å²) in [5.41, 5.74) is 9.21. The molecule has 2 rings (SSSR count). The van der Waals surface area contributed by atoms with Gasteiger partial charge in [0, 0.05) is 19.2 Å². The summed E-state index contributed by atoms with van der Waals surface area (Å²) in [5.74, 6) is 0. The Morgan fingerprint density at radius 2 is 2.12 bits per heavy atom. The highest BCUT2D eigenvalue weighted by atomic mass is 15.0. The van der Waals surface area contributed by atoms with E-state index in [-0.39, 0.29) is 0 Å². The second-order valence-electron chi connectivity index (χ2n) is 4.00. The second-order valence-corrected chi connectivity index (χ2v) is 4.00. The lowest BCUT2D eigenvalue weighted by molar-refractivity contribution is 0.790. The molecule has 0 saturated carbocycles. The van der Waals surface area contributed by atoms with Crippen LogP contribution in [0.3, 0.4) is 0 Å². The van der Waals surface area contributed by atoms with Crippen molar-refractivity contribution in [3.05, 3.63) is 53.6 Å². The van der Waals surface area contributed by atoms with Gasteiger partial charge in [0.05, 0.1) is 12.0 Å². The lowest BCUT2D eigenvalue weighted by atomic mass is 10.1. The Kier molecular flexibility index (Phi) is 3.37. The molecule has 3 nitrogen and oxygen atoms in total. The van der Waals surface area contributed by atoms with Crippen LogP contribution in [0.1, 0.15) is 16.8 Å². The zero-order valence-electron chi connectivity index (χ0n) is 9.56. The van der Waals surface area contributed by atoms with Gasteiger partial charge in [-0.1, -0.05) is 24.3 Å². The Hall–Kier alpha value is -1.61. The highest BCUT2D eigenvalue weighted by Gasteiger charge is 2.00. The van der Waals surface area contributed by atoms with Crippen molar-refractivity contribution in [1.82, 2.24) is 9.55 Å². The Morgan fingerprint density at radius 1 is 1.31 bits per heavy atom. The van der Waals surface area contributed by atoms with E-state index in [0.29, 0.717) is 6.54 Å². The standard InChI is InChI=1S/C13H17N3/c1-11-4-2-3-5-12(11)8-16-9-13(6-7-14)15-10-16/h2-5,9-10H,6-8,14H2,1H3. The van der Waals surface area contributed by atoms with Crippen LogP contribution in [0.15, 0.2) is 36.8 Å². The van der Waals surface area contributed by atoms with Gasteiger partial charge in [0.25, 0.3) is 0 Å². The fraction of sp³-hybridized carbons (Fsp3) is 0.308. The summed E-state index contributed by atoms with van der Waals surface area (Å²) in [6, 6.07) is 8.41. The number of hydrogen-bond donors (Lipinski definition) is 1. The molecule has 0 saturated heterocycles. The quantitative estimate of drug-likeness (QED) is 0.844. The van der Waals surface area contributed by atoms with Crippen LogP contribution in [-0.2, 0) is 13.0 Å². The largest absolute Gasteiger partial charge is 0.333 e. The third-order valence-electron chi connectivity index (χ3n) is 2.70. The summed E-state index contributed by atoms with van der Waals surface area (Å²) in [4.78, 5) is 4.31. The first-order chi connectivity index (χ1) is 7.79. The Balaban J connectivity index is 2.11. The molecule has 1 aromatic carbocycles. The first-order valence-corrected chi connectivity index (χ1v) is 5.55. The number of benzene rings is 1. The minimum Gasteiger partial charge on any atom is -0.333 e. The topological polar surface area (TPSA) is 43.8 Å². The number of aromatic nitrogens is 2. The predicted octanol–water partition coefficient (Wildman–Crippen LogP) is 1.74. The minimum atomic E-state index is 0.654. The molecule has 1 aromatic heterocycles. The Bertz CT molecular complexity index is 460.